The van der Waals surface area contributed by atoms with Gasteiger partial charge in [-0.2, -0.15) is 13.2 Å². The highest BCUT2D eigenvalue weighted by Gasteiger charge is 2.36. The Kier molecular flexibility index (Phi) is 3.45. The van der Waals surface area contributed by atoms with Gasteiger partial charge < -0.3 is 0 Å². The number of nitrogens with zero attached hydrogens (tertiary/aromatic N) is 2. The van der Waals surface area contributed by atoms with E-state index in [1.807, 2.05) is 11.8 Å². The van der Waals surface area contributed by atoms with Crippen LogP contribution in [0.1, 0.15) is 26.2 Å². The lowest BCUT2D eigenvalue weighted by atomic mass is 10.1. The molecule has 0 aliphatic carbocycles. The average molecular weight is 236 g/mol. The Balaban J connectivity index is 1.85. The summed E-state index contributed by atoms with van der Waals surface area (Å²) in [6.07, 6.45) is -2.35. The molecule has 2 heterocycles. The van der Waals surface area contributed by atoms with Crippen molar-refractivity contribution in [1.29, 1.82) is 0 Å². The van der Waals surface area contributed by atoms with Crippen molar-refractivity contribution in [1.82, 2.24) is 9.80 Å². The van der Waals surface area contributed by atoms with Gasteiger partial charge in [0.15, 0.2) is 0 Å². The molecule has 2 rings (SSSR count). The second-order valence-corrected chi connectivity index (χ2v) is 5.00. The fourth-order valence-electron chi connectivity index (χ4n) is 2.83. The Morgan fingerprint density at radius 1 is 1.25 bits per heavy atom. The predicted molar refractivity (Wildman–Crippen MR) is 56.3 cm³/mol. The second-order valence-electron chi connectivity index (χ2n) is 5.00. The molecular weight excluding hydrogens is 217 g/mol. The fourth-order valence-corrected chi connectivity index (χ4v) is 2.83. The highest BCUT2D eigenvalue weighted by Crippen LogP contribution is 2.26. The number of fused-ring (bicyclic) bond motifs is 1. The van der Waals surface area contributed by atoms with E-state index in [0.29, 0.717) is 6.04 Å². The fraction of sp³-hybridized carbons (Fsp3) is 1.00. The predicted octanol–water partition coefficient (Wildman–Crippen LogP) is 2.11. The first-order valence-electron chi connectivity index (χ1n) is 6.00. The van der Waals surface area contributed by atoms with Crippen LogP contribution in [0, 0.1) is 0 Å². The minimum Gasteiger partial charge on any atom is -0.298 e. The first kappa shape index (κ1) is 12.2. The average Bonchev–Trinajstić information content (AvgIpc) is 2.59. The zero-order chi connectivity index (χ0) is 11.8. The minimum absolute atomic E-state index is 0.162. The smallest absolute Gasteiger partial charge is 0.298 e. The van der Waals surface area contributed by atoms with Crippen LogP contribution in [0.4, 0.5) is 13.2 Å². The normalized spacial score (nSPS) is 33.0. The number of hydrogen-bond donors (Lipinski definition) is 0. The molecule has 2 saturated heterocycles. The third kappa shape index (κ3) is 2.88. The molecule has 0 aromatic heterocycles. The molecule has 0 radical (unpaired) electrons. The molecule has 2 aliphatic heterocycles. The number of rotatable bonds is 2. The van der Waals surface area contributed by atoms with Crippen molar-refractivity contribution in [3.05, 3.63) is 0 Å². The van der Waals surface area contributed by atoms with Crippen molar-refractivity contribution < 1.29 is 13.2 Å². The van der Waals surface area contributed by atoms with Gasteiger partial charge in [-0.3, -0.25) is 9.80 Å². The molecule has 0 N–H and O–H groups in total. The third-order valence-electron chi connectivity index (χ3n) is 3.75. The molecule has 0 spiro atoms. The maximum absolute atomic E-state index is 12.2. The van der Waals surface area contributed by atoms with Crippen LogP contribution < -0.4 is 0 Å². The van der Waals surface area contributed by atoms with Crippen molar-refractivity contribution in [2.24, 2.45) is 0 Å². The van der Waals surface area contributed by atoms with E-state index >= 15 is 0 Å². The van der Waals surface area contributed by atoms with Gasteiger partial charge in [0.2, 0.25) is 0 Å². The van der Waals surface area contributed by atoms with Crippen LogP contribution in [-0.2, 0) is 0 Å². The van der Waals surface area contributed by atoms with Crippen LogP contribution in [-0.4, -0.2) is 54.2 Å². The van der Waals surface area contributed by atoms with E-state index in [1.54, 1.807) is 0 Å². The van der Waals surface area contributed by atoms with Crippen LogP contribution in [0.5, 0.6) is 0 Å². The van der Waals surface area contributed by atoms with Crippen molar-refractivity contribution in [3.8, 4) is 0 Å². The molecule has 0 bridgehead atoms. The van der Waals surface area contributed by atoms with E-state index < -0.39 is 12.6 Å². The Morgan fingerprint density at radius 2 is 2.00 bits per heavy atom. The lowest BCUT2D eigenvalue weighted by Crippen LogP contribution is -2.55. The highest BCUT2D eigenvalue weighted by molar-refractivity contribution is 4.90. The molecule has 5 heteroatoms. The monoisotopic (exact) mass is 236 g/mol. The molecule has 16 heavy (non-hydrogen) atoms. The zero-order valence-electron chi connectivity index (χ0n) is 9.63. The first-order valence-corrected chi connectivity index (χ1v) is 6.00. The molecule has 94 valence electrons. The molecule has 2 fully saturated rings. The van der Waals surface area contributed by atoms with E-state index in [2.05, 4.69) is 4.90 Å². The van der Waals surface area contributed by atoms with Gasteiger partial charge in [0.25, 0.3) is 0 Å². The van der Waals surface area contributed by atoms with E-state index in [1.165, 1.54) is 6.42 Å². The van der Waals surface area contributed by atoms with Gasteiger partial charge in [-0.25, -0.2) is 0 Å². The summed E-state index contributed by atoms with van der Waals surface area (Å²) >= 11 is 0. The molecule has 2 nitrogen and oxygen atoms in total. The first-order chi connectivity index (χ1) is 7.46. The lowest BCUT2D eigenvalue weighted by Gasteiger charge is -2.42. The van der Waals surface area contributed by atoms with Crippen LogP contribution >= 0.6 is 0 Å². The van der Waals surface area contributed by atoms with Crippen LogP contribution in [0.25, 0.3) is 0 Å². The summed E-state index contributed by atoms with van der Waals surface area (Å²) in [6, 6.07) is 0.765. The van der Waals surface area contributed by atoms with Gasteiger partial charge in [-0.15, -0.1) is 0 Å². The van der Waals surface area contributed by atoms with Crippen molar-refractivity contribution in [3.63, 3.8) is 0 Å². The Hall–Kier alpha value is -0.290. The van der Waals surface area contributed by atoms with E-state index in [0.717, 1.165) is 26.1 Å². The minimum atomic E-state index is -4.02. The van der Waals surface area contributed by atoms with Crippen LogP contribution in [0.2, 0.25) is 0 Å². The summed E-state index contributed by atoms with van der Waals surface area (Å²) in [5, 5.41) is 0. The van der Waals surface area contributed by atoms with Crippen molar-refractivity contribution >= 4 is 0 Å². The van der Waals surface area contributed by atoms with Gasteiger partial charge in [0.05, 0.1) is 6.42 Å². The molecule has 2 unspecified atom stereocenters. The summed E-state index contributed by atoms with van der Waals surface area (Å²) in [6.45, 7) is 5.07. The van der Waals surface area contributed by atoms with E-state index in [4.69, 9.17) is 0 Å². The highest BCUT2D eigenvalue weighted by atomic mass is 19.4. The van der Waals surface area contributed by atoms with Crippen molar-refractivity contribution in [2.45, 2.75) is 44.4 Å². The second kappa shape index (κ2) is 4.53. The number of hydrogen-bond acceptors (Lipinski definition) is 2. The van der Waals surface area contributed by atoms with E-state index in [9.17, 15) is 13.2 Å². The van der Waals surface area contributed by atoms with Gasteiger partial charge in [-0.05, 0) is 26.3 Å². The quantitative estimate of drug-likeness (QED) is 0.724. The van der Waals surface area contributed by atoms with Crippen LogP contribution in [0.3, 0.4) is 0 Å². The number of halogens is 3. The van der Waals surface area contributed by atoms with Gasteiger partial charge in [0.1, 0.15) is 0 Å². The topological polar surface area (TPSA) is 6.48 Å². The number of piperazine rings is 1. The Labute approximate surface area is 94.4 Å². The molecule has 0 aromatic rings. The third-order valence-corrected chi connectivity index (χ3v) is 3.75. The molecule has 0 amide bonds. The Morgan fingerprint density at radius 3 is 2.69 bits per heavy atom. The molecule has 2 atom stereocenters. The van der Waals surface area contributed by atoms with Gasteiger partial charge in [-0.1, -0.05) is 0 Å². The summed E-state index contributed by atoms with van der Waals surface area (Å²) in [4.78, 5) is 4.43. The standard InChI is InChI=1S/C11H19F3N2/c1-9-7-16-5-2-3-10(16)8-15(9)6-4-11(12,13)14/h9-10H,2-8H2,1H3. The zero-order valence-corrected chi connectivity index (χ0v) is 9.63. The summed E-state index contributed by atoms with van der Waals surface area (Å²) in [5.74, 6) is 0. The number of alkyl halides is 3. The maximum atomic E-state index is 12.2. The van der Waals surface area contributed by atoms with Crippen molar-refractivity contribution in [2.75, 3.05) is 26.2 Å². The van der Waals surface area contributed by atoms with Crippen LogP contribution in [0.15, 0.2) is 0 Å². The Bertz CT molecular complexity index is 242. The van der Waals surface area contributed by atoms with Gasteiger partial charge >= 0.3 is 6.18 Å². The largest absolute Gasteiger partial charge is 0.390 e. The summed E-state index contributed by atoms with van der Waals surface area (Å²) < 4.78 is 36.5. The molecule has 0 aromatic carbocycles. The van der Waals surface area contributed by atoms with E-state index in [-0.39, 0.29) is 12.6 Å². The lowest BCUT2D eigenvalue weighted by molar-refractivity contribution is -0.140. The maximum Gasteiger partial charge on any atom is 0.390 e. The molecule has 2 aliphatic rings. The molecule has 0 saturated carbocycles. The summed E-state index contributed by atoms with van der Waals surface area (Å²) in [7, 11) is 0. The SMILES string of the molecule is CC1CN2CCCC2CN1CCC(F)(F)F. The summed E-state index contributed by atoms with van der Waals surface area (Å²) in [5.41, 5.74) is 0. The molecular formula is C11H19F3N2. The van der Waals surface area contributed by atoms with Gasteiger partial charge in [0, 0.05) is 31.7 Å².